The molecule has 0 unspecified atom stereocenters. The Kier molecular flexibility index (Phi) is 5.99. The quantitative estimate of drug-likeness (QED) is 0.608. The van der Waals surface area contributed by atoms with E-state index in [0.717, 1.165) is 12.5 Å². The Morgan fingerprint density at radius 3 is 2.74 bits per heavy atom. The molecule has 162 valence electrons. The molecule has 2 N–H and O–H groups in total. The van der Waals surface area contributed by atoms with Crippen molar-refractivity contribution in [1.29, 1.82) is 0 Å². The predicted molar refractivity (Wildman–Crippen MR) is 105 cm³/mol. The number of carbonyl (C=O) groups is 1. The van der Waals surface area contributed by atoms with Crippen molar-refractivity contribution in [3.63, 3.8) is 0 Å². The van der Waals surface area contributed by atoms with E-state index in [-0.39, 0.29) is 30.4 Å². The van der Waals surface area contributed by atoms with Crippen molar-refractivity contribution in [1.82, 2.24) is 24.6 Å². The minimum Gasteiger partial charge on any atom is -0.332 e. The van der Waals surface area contributed by atoms with Gasteiger partial charge in [-0.25, -0.2) is 27.8 Å². The van der Waals surface area contributed by atoms with Gasteiger partial charge in [-0.05, 0) is 43.0 Å². The molecule has 0 saturated carbocycles. The van der Waals surface area contributed by atoms with Gasteiger partial charge in [-0.3, -0.25) is 4.79 Å². The third-order valence-corrected chi connectivity index (χ3v) is 5.27. The number of hydrogen-bond donors (Lipinski definition) is 1. The van der Waals surface area contributed by atoms with Gasteiger partial charge in [0.15, 0.2) is 23.3 Å². The van der Waals surface area contributed by atoms with Gasteiger partial charge in [-0.15, -0.1) is 5.10 Å². The van der Waals surface area contributed by atoms with Crippen LogP contribution in [0.1, 0.15) is 36.7 Å². The molecule has 0 aliphatic carbocycles. The first-order chi connectivity index (χ1) is 14.9. The highest BCUT2D eigenvalue weighted by Gasteiger charge is 2.33. The highest BCUT2D eigenvalue weighted by molar-refractivity contribution is 5.77. The topological polar surface area (TPSA) is 89.9 Å². The molecule has 0 radical (unpaired) electrons. The molecular formula is C21H21F3N6O. The van der Waals surface area contributed by atoms with Crippen molar-refractivity contribution >= 4 is 5.91 Å². The number of likely N-dealkylation sites (tertiary alicyclic amines) is 1. The lowest BCUT2D eigenvalue weighted by Crippen LogP contribution is -2.37. The van der Waals surface area contributed by atoms with Gasteiger partial charge in [0.05, 0.1) is 6.04 Å². The Hall–Kier alpha value is -3.27. The zero-order valence-electron chi connectivity index (χ0n) is 16.6. The summed E-state index contributed by atoms with van der Waals surface area (Å²) in [5, 5.41) is 4.46. The van der Waals surface area contributed by atoms with Crippen molar-refractivity contribution in [2.24, 2.45) is 5.73 Å². The van der Waals surface area contributed by atoms with Crippen LogP contribution < -0.4 is 5.73 Å². The molecule has 3 heterocycles. The van der Waals surface area contributed by atoms with Gasteiger partial charge in [0.2, 0.25) is 5.91 Å². The molecule has 31 heavy (non-hydrogen) atoms. The summed E-state index contributed by atoms with van der Waals surface area (Å²) >= 11 is 0. The number of nitrogens with zero attached hydrogens (tertiary/aromatic N) is 5. The van der Waals surface area contributed by atoms with E-state index in [4.69, 9.17) is 5.73 Å². The van der Waals surface area contributed by atoms with Crippen LogP contribution in [0.3, 0.4) is 0 Å². The molecule has 1 aliphatic rings. The first kappa shape index (κ1) is 21.0. The third kappa shape index (κ3) is 4.58. The number of benzene rings is 1. The Balaban J connectivity index is 1.42. The Bertz CT molecular complexity index is 1070. The first-order valence-electron chi connectivity index (χ1n) is 9.94. The SMILES string of the molecule is N[C@@H](CC(=O)N1CCC[C@H]1c1ncn(-c2ccccn2)n1)Cc1cc(F)c(F)cc1F. The number of amides is 1. The Morgan fingerprint density at radius 2 is 1.97 bits per heavy atom. The van der Waals surface area contributed by atoms with Gasteiger partial charge < -0.3 is 10.6 Å². The fourth-order valence-electron chi connectivity index (χ4n) is 3.78. The maximum absolute atomic E-state index is 13.9. The smallest absolute Gasteiger partial charge is 0.224 e. The standard InChI is InChI=1S/C21H21F3N6O/c22-15-11-17(24)16(23)9-13(15)8-14(25)10-20(31)29-7-3-4-18(29)21-27-12-30(28-21)19-5-1-2-6-26-19/h1-2,5-6,9,11-12,14,18H,3-4,7-8,10,25H2/t14-,18+/m1/s1. The molecule has 7 nitrogen and oxygen atoms in total. The third-order valence-electron chi connectivity index (χ3n) is 5.27. The first-order valence-corrected chi connectivity index (χ1v) is 9.94. The second-order valence-electron chi connectivity index (χ2n) is 7.51. The summed E-state index contributed by atoms with van der Waals surface area (Å²) < 4.78 is 41.9. The number of carbonyl (C=O) groups excluding carboxylic acids is 1. The van der Waals surface area contributed by atoms with Crippen molar-refractivity contribution in [3.8, 4) is 5.82 Å². The molecule has 2 atom stereocenters. The molecular weight excluding hydrogens is 409 g/mol. The number of halogens is 3. The molecule has 0 spiro atoms. The van der Waals surface area contributed by atoms with Crippen LogP contribution in [0.4, 0.5) is 13.2 Å². The van der Waals surface area contributed by atoms with E-state index >= 15 is 0 Å². The monoisotopic (exact) mass is 430 g/mol. The van der Waals surface area contributed by atoms with Crippen LogP contribution in [0, 0.1) is 17.5 Å². The van der Waals surface area contributed by atoms with Gasteiger partial charge in [0.25, 0.3) is 0 Å². The number of hydrogen-bond acceptors (Lipinski definition) is 5. The average Bonchev–Trinajstić information content (AvgIpc) is 3.42. The minimum atomic E-state index is -1.26. The lowest BCUT2D eigenvalue weighted by molar-refractivity contribution is -0.132. The van der Waals surface area contributed by atoms with Gasteiger partial charge in [-0.1, -0.05) is 6.07 Å². The largest absolute Gasteiger partial charge is 0.332 e. The van der Waals surface area contributed by atoms with Gasteiger partial charge in [0, 0.05) is 31.3 Å². The van der Waals surface area contributed by atoms with Gasteiger partial charge in [0.1, 0.15) is 12.1 Å². The van der Waals surface area contributed by atoms with Crippen LogP contribution in [-0.2, 0) is 11.2 Å². The van der Waals surface area contributed by atoms with Crippen molar-refractivity contribution in [2.45, 2.75) is 37.8 Å². The molecule has 10 heteroatoms. The van der Waals surface area contributed by atoms with Crippen LogP contribution >= 0.6 is 0 Å². The summed E-state index contributed by atoms with van der Waals surface area (Å²) in [7, 11) is 0. The van der Waals surface area contributed by atoms with E-state index < -0.39 is 23.5 Å². The van der Waals surface area contributed by atoms with Crippen LogP contribution in [-0.4, -0.2) is 43.1 Å². The minimum absolute atomic E-state index is 0.0596. The molecule has 2 aromatic heterocycles. The summed E-state index contributed by atoms with van der Waals surface area (Å²) in [4.78, 5) is 23.1. The summed E-state index contributed by atoms with van der Waals surface area (Å²) in [6.45, 7) is 0.536. The van der Waals surface area contributed by atoms with Crippen molar-refractivity contribution in [2.75, 3.05) is 6.54 Å². The zero-order chi connectivity index (χ0) is 22.0. The number of nitrogens with two attached hydrogens (primary N) is 1. The fourth-order valence-corrected chi connectivity index (χ4v) is 3.78. The number of pyridine rings is 1. The molecule has 1 aliphatic heterocycles. The van der Waals surface area contributed by atoms with Crippen molar-refractivity contribution < 1.29 is 18.0 Å². The lowest BCUT2D eigenvalue weighted by atomic mass is 10.0. The van der Waals surface area contributed by atoms with E-state index in [2.05, 4.69) is 15.1 Å². The molecule has 0 bridgehead atoms. The van der Waals surface area contributed by atoms with Crippen molar-refractivity contribution in [3.05, 3.63) is 71.7 Å². The Labute approximate surface area is 176 Å². The summed E-state index contributed by atoms with van der Waals surface area (Å²) in [5.74, 6) is -2.38. The summed E-state index contributed by atoms with van der Waals surface area (Å²) in [5.41, 5.74) is 5.96. The van der Waals surface area contributed by atoms with Crippen LogP contribution in [0.15, 0.2) is 42.9 Å². The highest BCUT2D eigenvalue weighted by Crippen LogP contribution is 2.30. The number of aromatic nitrogens is 4. The second-order valence-corrected chi connectivity index (χ2v) is 7.51. The fraction of sp³-hybridized carbons (Fsp3) is 0.333. The Morgan fingerprint density at radius 1 is 1.16 bits per heavy atom. The van der Waals surface area contributed by atoms with E-state index in [1.54, 1.807) is 34.2 Å². The van der Waals surface area contributed by atoms with E-state index in [1.165, 1.54) is 0 Å². The second kappa shape index (κ2) is 8.84. The van der Waals surface area contributed by atoms with E-state index in [0.29, 0.717) is 30.7 Å². The van der Waals surface area contributed by atoms with Crippen LogP contribution in [0.5, 0.6) is 0 Å². The van der Waals surface area contributed by atoms with Gasteiger partial charge >= 0.3 is 0 Å². The lowest BCUT2D eigenvalue weighted by Gasteiger charge is -2.24. The van der Waals surface area contributed by atoms with Crippen LogP contribution in [0.25, 0.3) is 5.82 Å². The normalized spacial score (nSPS) is 17.2. The van der Waals surface area contributed by atoms with Crippen LogP contribution in [0.2, 0.25) is 0 Å². The molecule has 1 saturated heterocycles. The molecule has 1 fully saturated rings. The average molecular weight is 430 g/mol. The molecule has 1 amide bonds. The predicted octanol–water partition coefficient (Wildman–Crippen LogP) is 2.70. The van der Waals surface area contributed by atoms with Gasteiger partial charge in [-0.2, -0.15) is 0 Å². The maximum atomic E-state index is 13.9. The van der Waals surface area contributed by atoms with E-state index in [1.807, 2.05) is 6.07 Å². The molecule has 4 rings (SSSR count). The maximum Gasteiger partial charge on any atom is 0.224 e. The summed E-state index contributed by atoms with van der Waals surface area (Å²) in [6, 6.07) is 5.67. The highest BCUT2D eigenvalue weighted by atomic mass is 19.2. The summed E-state index contributed by atoms with van der Waals surface area (Å²) in [6.07, 6.45) is 4.57. The van der Waals surface area contributed by atoms with E-state index in [9.17, 15) is 18.0 Å². The number of rotatable bonds is 6. The zero-order valence-corrected chi connectivity index (χ0v) is 16.6. The molecule has 3 aromatic rings. The molecule has 1 aromatic carbocycles.